The summed E-state index contributed by atoms with van der Waals surface area (Å²) in [7, 11) is 1.17. The van der Waals surface area contributed by atoms with Gasteiger partial charge in [-0.1, -0.05) is 179 Å². The van der Waals surface area contributed by atoms with Gasteiger partial charge in [0.15, 0.2) is 0 Å². The third kappa shape index (κ3) is 7.60. The molecule has 0 amide bonds. The van der Waals surface area contributed by atoms with Gasteiger partial charge in [-0.2, -0.15) is 0 Å². The predicted molar refractivity (Wildman–Crippen MR) is 206 cm³/mol. The molecule has 44 heavy (non-hydrogen) atoms. The molecule has 246 valence electrons. The molecule has 2 heteroatoms. The molecule has 3 atom stereocenters. The third-order valence-electron chi connectivity index (χ3n) is 9.58. The molecule has 0 fully saturated rings. The molecule has 2 aromatic carbocycles. The summed E-state index contributed by atoms with van der Waals surface area (Å²) in [4.78, 5) is 0. The molecule has 1 heterocycles. The Morgan fingerprint density at radius 1 is 0.545 bits per heavy atom. The summed E-state index contributed by atoms with van der Waals surface area (Å²) in [6, 6.07) is 10.4. The van der Waals surface area contributed by atoms with Crippen molar-refractivity contribution >= 4 is 21.2 Å². The Bertz CT molecular complexity index is 1320. The highest BCUT2D eigenvalue weighted by Gasteiger charge is 2.45. The lowest BCUT2D eigenvalue weighted by atomic mass is 9.72. The Labute approximate surface area is 277 Å². The summed E-state index contributed by atoms with van der Waals surface area (Å²) in [6.07, 6.45) is 1.23. The van der Waals surface area contributed by atoms with Crippen molar-refractivity contribution in [3.63, 3.8) is 0 Å². The first-order valence-corrected chi connectivity index (χ1v) is 19.7. The second kappa shape index (κ2) is 11.9. The van der Waals surface area contributed by atoms with Crippen molar-refractivity contribution in [2.24, 2.45) is 0 Å². The monoisotopic (exact) mass is 634 g/mol. The van der Waals surface area contributed by atoms with Gasteiger partial charge in [-0.05, 0) is 89.1 Å². The van der Waals surface area contributed by atoms with Crippen LogP contribution < -0.4 is 0 Å². The fourth-order valence-corrected chi connectivity index (χ4v) is 12.9. The fraction of sp³-hybridized carbons (Fsp3) is 0.690. The SMILES string of the molecule is CCC(C)P1C(c2c(C(C)(C)C)cc(C(C)(C)C)cc2C(C)(C)C)=P[C@H]1c1c(C(C)(C)C)cc(C(C)(C)C)cc1C(C)(C)C. The molecule has 0 nitrogen and oxygen atoms in total. The van der Waals surface area contributed by atoms with Crippen molar-refractivity contribution in [3.8, 4) is 0 Å². The highest BCUT2D eigenvalue weighted by molar-refractivity contribution is 7.99. The third-order valence-corrected chi connectivity index (χ3v) is 15.5. The molecule has 0 saturated heterocycles. The largest absolute Gasteiger partial charge is 0.0820 e. The number of hydrogen-bond acceptors (Lipinski definition) is 0. The Morgan fingerprint density at radius 3 is 1.14 bits per heavy atom. The zero-order valence-corrected chi connectivity index (χ0v) is 34.4. The standard InChI is InChI=1S/C42H68P2/c1-21-26(2)44-35(33-29(39(9,10)11)22-27(37(3,4)5)23-30(33)40(12,13)14)43-36(44)34-31(41(15,16)17)24-28(38(6,7)8)25-32(34)42(18,19)20/h22-26,35H,21H2,1-20H3/t26?,35-,44?/m1/s1. The van der Waals surface area contributed by atoms with E-state index in [1.54, 1.807) is 38.4 Å². The van der Waals surface area contributed by atoms with Gasteiger partial charge in [0.25, 0.3) is 0 Å². The summed E-state index contributed by atoms with van der Waals surface area (Å²) < 4.78 is 0. The van der Waals surface area contributed by atoms with Gasteiger partial charge in [0.1, 0.15) is 0 Å². The molecule has 1 aliphatic rings. The summed E-state index contributed by atoms with van der Waals surface area (Å²) in [5, 5.41) is 2.34. The maximum Gasteiger partial charge on any atom is 0.0517 e. The van der Waals surface area contributed by atoms with E-state index in [2.05, 4.69) is 163 Å². The van der Waals surface area contributed by atoms with Crippen molar-refractivity contribution < 1.29 is 0 Å². The van der Waals surface area contributed by atoms with Gasteiger partial charge >= 0.3 is 0 Å². The molecule has 1 aliphatic heterocycles. The van der Waals surface area contributed by atoms with Crippen LogP contribution in [0.15, 0.2) is 24.3 Å². The average Bonchev–Trinajstić information content (AvgIpc) is 2.79. The normalized spacial score (nSPS) is 19.9. The van der Waals surface area contributed by atoms with Gasteiger partial charge in [-0.15, -0.1) is 0 Å². The lowest BCUT2D eigenvalue weighted by Crippen LogP contribution is -2.31. The van der Waals surface area contributed by atoms with Crippen LogP contribution in [0.25, 0.3) is 0 Å². The van der Waals surface area contributed by atoms with Crippen LogP contribution in [0.5, 0.6) is 0 Å². The first kappa shape index (κ1) is 37.5. The first-order valence-electron chi connectivity index (χ1n) is 17.3. The van der Waals surface area contributed by atoms with Crippen molar-refractivity contribution in [1.29, 1.82) is 0 Å². The second-order valence-corrected chi connectivity index (χ2v) is 24.6. The maximum atomic E-state index is 2.60. The molecular weight excluding hydrogens is 566 g/mol. The number of rotatable bonds is 4. The lowest BCUT2D eigenvalue weighted by Gasteiger charge is -2.47. The molecule has 2 unspecified atom stereocenters. The summed E-state index contributed by atoms with van der Waals surface area (Å²) in [5.74, 6) is 0. The molecular formula is C42H68P2. The minimum atomic E-state index is -0.363. The van der Waals surface area contributed by atoms with Gasteiger partial charge in [0, 0.05) is 5.03 Å². The Balaban J connectivity index is 2.53. The quantitative estimate of drug-likeness (QED) is 0.294. The van der Waals surface area contributed by atoms with E-state index in [4.69, 9.17) is 0 Å². The van der Waals surface area contributed by atoms with E-state index < -0.39 is 0 Å². The maximum absolute atomic E-state index is 2.60. The Hall–Kier alpha value is -0.960. The van der Waals surface area contributed by atoms with E-state index in [0.717, 1.165) is 0 Å². The van der Waals surface area contributed by atoms with Gasteiger partial charge in [-0.25, -0.2) is 0 Å². The van der Waals surface area contributed by atoms with Crippen molar-refractivity contribution in [2.75, 3.05) is 0 Å². The molecule has 0 radical (unpaired) electrons. The summed E-state index contributed by atoms with van der Waals surface area (Å²) in [5.41, 5.74) is 13.7. The molecule has 0 spiro atoms. The molecule has 0 saturated carbocycles. The molecule has 0 N–H and O–H groups in total. The first-order chi connectivity index (χ1) is 19.5. The van der Waals surface area contributed by atoms with Crippen LogP contribution in [0, 0.1) is 0 Å². The molecule has 2 aromatic rings. The lowest BCUT2D eigenvalue weighted by molar-refractivity contribution is 0.541. The second-order valence-electron chi connectivity index (χ2n) is 19.9. The number of hydrogen-bond donors (Lipinski definition) is 0. The predicted octanol–water partition coefficient (Wildman–Crippen LogP) is 13.9. The van der Waals surface area contributed by atoms with Crippen molar-refractivity contribution in [1.82, 2.24) is 0 Å². The highest BCUT2D eigenvalue weighted by atomic mass is 31.2. The number of benzene rings is 2. The van der Waals surface area contributed by atoms with E-state index in [1.165, 1.54) is 25.8 Å². The zero-order valence-electron chi connectivity index (χ0n) is 32.6. The van der Waals surface area contributed by atoms with Crippen molar-refractivity contribution in [3.05, 3.63) is 68.8 Å². The van der Waals surface area contributed by atoms with Crippen LogP contribution in [0.1, 0.15) is 195 Å². The Kier molecular flexibility index (Phi) is 10.2. The van der Waals surface area contributed by atoms with Gasteiger partial charge < -0.3 is 0 Å². The summed E-state index contributed by atoms with van der Waals surface area (Å²) >= 11 is 0. The highest BCUT2D eigenvalue weighted by Crippen LogP contribution is 2.75. The molecule has 0 aromatic heterocycles. The topological polar surface area (TPSA) is 0 Å². The van der Waals surface area contributed by atoms with Crippen LogP contribution in [0.2, 0.25) is 0 Å². The Morgan fingerprint density at radius 2 is 0.864 bits per heavy atom. The van der Waals surface area contributed by atoms with Gasteiger partial charge in [-0.3, -0.25) is 0 Å². The van der Waals surface area contributed by atoms with E-state index >= 15 is 0 Å². The van der Waals surface area contributed by atoms with Crippen LogP contribution >= 0.6 is 16.1 Å². The molecule has 0 bridgehead atoms. The average molecular weight is 635 g/mol. The minimum absolute atomic E-state index is 0.0716. The van der Waals surface area contributed by atoms with Crippen LogP contribution in [0.3, 0.4) is 0 Å². The van der Waals surface area contributed by atoms with E-state index in [1.807, 2.05) is 0 Å². The summed E-state index contributed by atoms with van der Waals surface area (Å²) in [6.45, 7) is 48.5. The van der Waals surface area contributed by atoms with Crippen LogP contribution in [-0.4, -0.2) is 10.7 Å². The van der Waals surface area contributed by atoms with Crippen LogP contribution in [0.4, 0.5) is 0 Å². The zero-order chi connectivity index (χ0) is 34.2. The van der Waals surface area contributed by atoms with Crippen LogP contribution in [-0.2, 0) is 32.5 Å². The van der Waals surface area contributed by atoms with Gasteiger partial charge in [0.2, 0.25) is 0 Å². The van der Waals surface area contributed by atoms with E-state index in [9.17, 15) is 0 Å². The molecule has 0 aliphatic carbocycles. The van der Waals surface area contributed by atoms with Gasteiger partial charge in [0.05, 0.1) is 5.40 Å². The van der Waals surface area contributed by atoms with Crippen molar-refractivity contribution in [2.45, 2.75) is 188 Å². The van der Waals surface area contributed by atoms with E-state index in [-0.39, 0.29) is 40.4 Å². The fourth-order valence-electron chi connectivity index (χ4n) is 6.45. The van der Waals surface area contributed by atoms with E-state index in [0.29, 0.717) is 11.1 Å². The molecule has 3 rings (SSSR count). The smallest absolute Gasteiger partial charge is 0.0517 e. The minimum Gasteiger partial charge on any atom is -0.0820 e.